The van der Waals surface area contributed by atoms with Gasteiger partial charge in [0, 0.05) is 38.4 Å². The molecule has 2 fully saturated rings. The van der Waals surface area contributed by atoms with Crippen molar-refractivity contribution in [1.82, 2.24) is 4.90 Å². The molecular formula is C19H29LiN2O2. The SMILES string of the molecule is CC(C)(C)c1ccc(N2CC3CN(CCC(=O)O)CC3C2)cc1.[H-].[Li+]. The Morgan fingerprint density at radius 2 is 1.67 bits per heavy atom. The second-order valence-electron chi connectivity index (χ2n) is 8.13. The monoisotopic (exact) mass is 324 g/mol. The maximum atomic E-state index is 10.7. The summed E-state index contributed by atoms with van der Waals surface area (Å²) in [5.41, 5.74) is 2.90. The molecule has 1 N–H and O–H groups in total. The van der Waals surface area contributed by atoms with Gasteiger partial charge in [-0.3, -0.25) is 4.79 Å². The van der Waals surface area contributed by atoms with Gasteiger partial charge in [0.25, 0.3) is 0 Å². The molecule has 2 aliphatic heterocycles. The van der Waals surface area contributed by atoms with Crippen LogP contribution in [-0.2, 0) is 10.2 Å². The van der Waals surface area contributed by atoms with Crippen LogP contribution < -0.4 is 23.8 Å². The maximum Gasteiger partial charge on any atom is 1.00 e. The van der Waals surface area contributed by atoms with Gasteiger partial charge in [-0.2, -0.15) is 0 Å². The van der Waals surface area contributed by atoms with Crippen molar-refractivity contribution in [3.05, 3.63) is 29.8 Å². The molecule has 0 radical (unpaired) electrons. The molecule has 128 valence electrons. The van der Waals surface area contributed by atoms with E-state index < -0.39 is 5.97 Å². The summed E-state index contributed by atoms with van der Waals surface area (Å²) in [7, 11) is 0. The third-order valence-corrected chi connectivity index (χ3v) is 5.30. The second kappa shape index (κ2) is 7.52. The summed E-state index contributed by atoms with van der Waals surface area (Å²) in [4.78, 5) is 15.5. The summed E-state index contributed by atoms with van der Waals surface area (Å²) < 4.78 is 0. The minimum Gasteiger partial charge on any atom is -1.00 e. The molecule has 2 aliphatic rings. The van der Waals surface area contributed by atoms with Crippen LogP contribution in [-0.4, -0.2) is 48.7 Å². The number of hydrogen-bond acceptors (Lipinski definition) is 3. The van der Waals surface area contributed by atoms with Gasteiger partial charge in [-0.15, -0.1) is 0 Å². The van der Waals surface area contributed by atoms with Crippen LogP contribution in [0.4, 0.5) is 5.69 Å². The first-order valence-electron chi connectivity index (χ1n) is 8.62. The van der Waals surface area contributed by atoms with Crippen molar-refractivity contribution in [2.45, 2.75) is 32.6 Å². The standard InChI is InChI=1S/C19H28N2O2.Li.H/c1-19(2,3)16-4-6-17(7-5-16)21-12-14-10-20(9-8-18(22)23)11-15(14)13-21;;/h4-7,14-15H,8-13H2,1-3H3,(H,22,23);;/q;+1;-1. The van der Waals surface area contributed by atoms with Crippen molar-refractivity contribution in [1.29, 1.82) is 0 Å². The van der Waals surface area contributed by atoms with Crippen molar-refractivity contribution < 1.29 is 30.2 Å². The number of aliphatic carboxylic acids is 1. The van der Waals surface area contributed by atoms with Gasteiger partial charge in [0.05, 0.1) is 6.42 Å². The van der Waals surface area contributed by atoms with Gasteiger partial charge >= 0.3 is 24.8 Å². The van der Waals surface area contributed by atoms with Crippen LogP contribution in [0.25, 0.3) is 0 Å². The van der Waals surface area contributed by atoms with Gasteiger partial charge in [0.15, 0.2) is 0 Å². The Kier molecular flexibility index (Phi) is 6.07. The molecule has 0 aliphatic carbocycles. The minimum atomic E-state index is -0.692. The quantitative estimate of drug-likeness (QED) is 0.789. The molecule has 0 aromatic heterocycles. The van der Waals surface area contributed by atoms with Crippen LogP contribution in [0.15, 0.2) is 24.3 Å². The Bertz CT molecular complexity index is 560. The molecule has 2 heterocycles. The van der Waals surface area contributed by atoms with E-state index in [1.54, 1.807) is 0 Å². The number of benzene rings is 1. The number of anilines is 1. The van der Waals surface area contributed by atoms with Crippen molar-refractivity contribution in [3.8, 4) is 0 Å². The van der Waals surface area contributed by atoms with E-state index in [-0.39, 0.29) is 32.1 Å². The van der Waals surface area contributed by atoms with Gasteiger partial charge in [0.2, 0.25) is 0 Å². The van der Waals surface area contributed by atoms with E-state index in [9.17, 15) is 4.79 Å². The molecule has 2 atom stereocenters. The van der Waals surface area contributed by atoms with E-state index in [0.29, 0.717) is 18.4 Å². The van der Waals surface area contributed by atoms with Crippen LogP contribution in [0.2, 0.25) is 0 Å². The van der Waals surface area contributed by atoms with E-state index in [4.69, 9.17) is 5.11 Å². The van der Waals surface area contributed by atoms with Gasteiger partial charge < -0.3 is 16.3 Å². The van der Waals surface area contributed by atoms with Crippen LogP contribution in [0, 0.1) is 11.8 Å². The van der Waals surface area contributed by atoms with Gasteiger partial charge in [-0.05, 0) is 34.9 Å². The predicted octanol–water partition coefficient (Wildman–Crippen LogP) is -0.0567. The molecule has 4 nitrogen and oxygen atoms in total. The first-order chi connectivity index (χ1) is 10.8. The summed E-state index contributed by atoms with van der Waals surface area (Å²) in [6.07, 6.45) is 0.261. The van der Waals surface area contributed by atoms with E-state index >= 15 is 0 Å². The Hall–Kier alpha value is -0.953. The van der Waals surface area contributed by atoms with Gasteiger partial charge in [-0.25, -0.2) is 0 Å². The number of hydrogen-bond donors (Lipinski definition) is 1. The molecule has 1 aromatic carbocycles. The predicted molar refractivity (Wildman–Crippen MR) is 94.1 cm³/mol. The van der Waals surface area contributed by atoms with Crippen LogP contribution in [0.5, 0.6) is 0 Å². The Morgan fingerprint density at radius 3 is 2.12 bits per heavy atom. The number of carboxylic acids is 1. The topological polar surface area (TPSA) is 43.8 Å². The van der Waals surface area contributed by atoms with E-state index in [1.807, 2.05) is 0 Å². The largest absolute Gasteiger partial charge is 1.00 e. The Balaban J connectivity index is 0.00000156. The molecule has 0 amide bonds. The second-order valence-corrected chi connectivity index (χ2v) is 8.13. The molecule has 2 saturated heterocycles. The first-order valence-corrected chi connectivity index (χ1v) is 8.62. The zero-order valence-electron chi connectivity index (χ0n) is 16.5. The fourth-order valence-electron chi connectivity index (χ4n) is 3.91. The normalized spacial score (nSPS) is 23.9. The maximum absolute atomic E-state index is 10.7. The van der Waals surface area contributed by atoms with Gasteiger partial charge in [0.1, 0.15) is 0 Å². The fourth-order valence-corrected chi connectivity index (χ4v) is 3.91. The number of fused-ring (bicyclic) bond motifs is 1. The van der Waals surface area contributed by atoms with Crippen molar-refractivity contribution >= 4 is 11.7 Å². The van der Waals surface area contributed by atoms with Crippen LogP contribution in [0.1, 0.15) is 34.2 Å². The smallest absolute Gasteiger partial charge is 1.00 e. The van der Waals surface area contributed by atoms with E-state index in [0.717, 1.165) is 26.2 Å². The summed E-state index contributed by atoms with van der Waals surface area (Å²) in [5, 5.41) is 8.81. The Morgan fingerprint density at radius 1 is 1.12 bits per heavy atom. The van der Waals surface area contributed by atoms with Gasteiger partial charge in [-0.1, -0.05) is 32.9 Å². The number of carbonyl (C=O) groups is 1. The Labute approximate surface area is 158 Å². The third-order valence-electron chi connectivity index (χ3n) is 5.30. The number of carboxylic acid groups (broad SMARTS) is 1. The molecule has 0 bridgehead atoms. The first kappa shape index (κ1) is 19.4. The molecule has 1 aromatic rings. The minimum absolute atomic E-state index is 0. The molecule has 3 rings (SSSR count). The molecule has 5 heteroatoms. The number of nitrogens with zero attached hydrogens (tertiary/aromatic N) is 2. The zero-order valence-corrected chi connectivity index (χ0v) is 15.5. The molecule has 0 saturated carbocycles. The van der Waals surface area contributed by atoms with Crippen molar-refractivity contribution in [3.63, 3.8) is 0 Å². The molecule has 2 unspecified atom stereocenters. The van der Waals surface area contributed by atoms with E-state index in [2.05, 4.69) is 54.8 Å². The average Bonchev–Trinajstić information content (AvgIpc) is 3.02. The molecule has 24 heavy (non-hydrogen) atoms. The summed E-state index contributed by atoms with van der Waals surface area (Å²) in [6.45, 7) is 11.7. The summed E-state index contributed by atoms with van der Waals surface area (Å²) >= 11 is 0. The van der Waals surface area contributed by atoms with E-state index in [1.165, 1.54) is 11.3 Å². The van der Waals surface area contributed by atoms with Crippen LogP contribution >= 0.6 is 0 Å². The van der Waals surface area contributed by atoms with Crippen molar-refractivity contribution in [2.75, 3.05) is 37.6 Å². The molecular weight excluding hydrogens is 295 g/mol. The zero-order chi connectivity index (χ0) is 16.6. The van der Waals surface area contributed by atoms with Crippen molar-refractivity contribution in [2.24, 2.45) is 11.8 Å². The number of likely N-dealkylation sites (tertiary alicyclic amines) is 1. The number of rotatable bonds is 4. The van der Waals surface area contributed by atoms with Crippen LogP contribution in [0.3, 0.4) is 0 Å². The summed E-state index contributed by atoms with van der Waals surface area (Å²) in [5.74, 6) is 0.680. The molecule has 0 spiro atoms. The third kappa shape index (κ3) is 4.36. The average molecular weight is 324 g/mol. The summed E-state index contributed by atoms with van der Waals surface area (Å²) in [6, 6.07) is 9.01. The fraction of sp³-hybridized carbons (Fsp3) is 0.632.